The summed E-state index contributed by atoms with van der Waals surface area (Å²) >= 11 is 1.44. The third kappa shape index (κ3) is 4.19. The van der Waals surface area contributed by atoms with Crippen molar-refractivity contribution in [2.75, 3.05) is 24.5 Å². The average Bonchev–Trinajstić information content (AvgIpc) is 3.24. The van der Waals surface area contributed by atoms with Crippen LogP contribution >= 0.6 is 11.3 Å². The van der Waals surface area contributed by atoms with E-state index in [0.717, 1.165) is 50.0 Å². The molecule has 1 N–H and O–H groups in total. The van der Waals surface area contributed by atoms with Crippen molar-refractivity contribution in [3.05, 3.63) is 57.7 Å². The second-order valence-corrected chi connectivity index (χ2v) is 8.39. The third-order valence-electron chi connectivity index (χ3n) is 5.43. The molecule has 152 valence electrons. The van der Waals surface area contributed by atoms with Crippen LogP contribution in [0.4, 0.5) is 5.95 Å². The highest BCUT2D eigenvalue weighted by Crippen LogP contribution is 2.25. The van der Waals surface area contributed by atoms with Crippen LogP contribution in [0.5, 0.6) is 0 Å². The zero-order chi connectivity index (χ0) is 20.2. The van der Waals surface area contributed by atoms with Gasteiger partial charge in [0, 0.05) is 25.6 Å². The Morgan fingerprint density at radius 2 is 1.97 bits per heavy atom. The van der Waals surface area contributed by atoms with Gasteiger partial charge in [-0.2, -0.15) is 0 Å². The first-order valence-corrected chi connectivity index (χ1v) is 11.1. The molecule has 1 aliphatic heterocycles. The number of aromatic nitrogens is 2. The molecule has 0 bridgehead atoms. The molecule has 2 aromatic heterocycles. The maximum Gasteiger partial charge on any atom is 0.273 e. The summed E-state index contributed by atoms with van der Waals surface area (Å²) < 4.78 is 2.48. The summed E-state index contributed by atoms with van der Waals surface area (Å²) in [5.74, 6) is 0.892. The van der Waals surface area contributed by atoms with E-state index in [4.69, 9.17) is 4.98 Å². The van der Waals surface area contributed by atoms with Crippen molar-refractivity contribution in [3.8, 4) is 0 Å². The van der Waals surface area contributed by atoms with Crippen molar-refractivity contribution in [2.24, 2.45) is 5.92 Å². The van der Waals surface area contributed by atoms with Crippen molar-refractivity contribution >= 4 is 33.4 Å². The molecular formula is C22H26N4O2S. The zero-order valence-electron chi connectivity index (χ0n) is 16.6. The molecule has 1 aromatic carbocycles. The van der Waals surface area contributed by atoms with Crippen LogP contribution in [0.3, 0.4) is 0 Å². The highest BCUT2D eigenvalue weighted by molar-refractivity contribution is 7.17. The topological polar surface area (TPSA) is 67.2 Å². The lowest BCUT2D eigenvalue weighted by Gasteiger charge is -2.33. The van der Waals surface area contributed by atoms with Crippen molar-refractivity contribution < 1.29 is 4.79 Å². The van der Waals surface area contributed by atoms with Gasteiger partial charge in [0.1, 0.15) is 4.70 Å². The normalized spacial score (nSPS) is 15.0. The van der Waals surface area contributed by atoms with Gasteiger partial charge in [0.2, 0.25) is 11.9 Å². The van der Waals surface area contributed by atoms with Gasteiger partial charge in [-0.25, -0.2) is 4.98 Å². The molecule has 0 atom stereocenters. The number of carbonyl (C=O) groups excluding carboxylic acids is 1. The molecule has 1 fully saturated rings. The van der Waals surface area contributed by atoms with Crippen molar-refractivity contribution in [1.29, 1.82) is 0 Å². The fourth-order valence-corrected chi connectivity index (χ4v) is 4.59. The number of thiophene rings is 1. The van der Waals surface area contributed by atoms with Crippen LogP contribution < -0.4 is 15.8 Å². The number of carbonyl (C=O) groups is 1. The summed E-state index contributed by atoms with van der Waals surface area (Å²) in [4.78, 5) is 32.5. The summed E-state index contributed by atoms with van der Waals surface area (Å²) in [5.41, 5.74) is 1.83. The molecule has 0 aliphatic carbocycles. The minimum absolute atomic E-state index is 0.00617. The molecule has 6 nitrogen and oxygen atoms in total. The molecule has 1 amide bonds. The number of hydrogen-bond donors (Lipinski definition) is 1. The van der Waals surface area contributed by atoms with E-state index in [2.05, 4.69) is 17.1 Å². The Balaban J connectivity index is 1.61. The number of anilines is 1. The van der Waals surface area contributed by atoms with Gasteiger partial charge in [0.05, 0.1) is 12.1 Å². The summed E-state index contributed by atoms with van der Waals surface area (Å²) in [6.45, 7) is 4.72. The van der Waals surface area contributed by atoms with Gasteiger partial charge in [0.15, 0.2) is 0 Å². The van der Waals surface area contributed by atoms with Crippen LogP contribution in [0.25, 0.3) is 10.2 Å². The van der Waals surface area contributed by atoms with Crippen molar-refractivity contribution in [1.82, 2.24) is 14.9 Å². The summed E-state index contributed by atoms with van der Waals surface area (Å²) in [6, 6.07) is 11.9. The molecule has 3 aromatic rings. The number of amides is 1. The first kappa shape index (κ1) is 19.6. The van der Waals surface area contributed by atoms with E-state index in [1.165, 1.54) is 11.3 Å². The Morgan fingerprint density at radius 3 is 2.69 bits per heavy atom. The summed E-state index contributed by atoms with van der Waals surface area (Å²) in [6.07, 6.45) is 2.50. The summed E-state index contributed by atoms with van der Waals surface area (Å²) in [5, 5.41) is 4.92. The first-order chi connectivity index (χ1) is 14.2. The largest absolute Gasteiger partial charge is 0.356 e. The number of nitrogens with zero attached hydrogens (tertiary/aromatic N) is 3. The zero-order valence-corrected chi connectivity index (χ0v) is 17.5. The lowest BCUT2D eigenvalue weighted by molar-refractivity contribution is -0.125. The molecule has 0 unspecified atom stereocenters. The van der Waals surface area contributed by atoms with Crippen LogP contribution in [0, 0.1) is 5.92 Å². The Hall–Kier alpha value is -2.67. The predicted molar refractivity (Wildman–Crippen MR) is 118 cm³/mol. The second-order valence-electron chi connectivity index (χ2n) is 7.48. The number of rotatable bonds is 6. The number of benzene rings is 1. The van der Waals surface area contributed by atoms with Gasteiger partial charge in [0.25, 0.3) is 5.56 Å². The van der Waals surface area contributed by atoms with E-state index in [0.29, 0.717) is 17.2 Å². The van der Waals surface area contributed by atoms with E-state index in [9.17, 15) is 9.59 Å². The van der Waals surface area contributed by atoms with Crippen LogP contribution in [0.1, 0.15) is 31.7 Å². The van der Waals surface area contributed by atoms with Gasteiger partial charge >= 0.3 is 0 Å². The second kappa shape index (κ2) is 8.78. The van der Waals surface area contributed by atoms with E-state index in [1.54, 1.807) is 4.57 Å². The van der Waals surface area contributed by atoms with Gasteiger partial charge in [-0.05, 0) is 36.3 Å². The monoisotopic (exact) mass is 410 g/mol. The number of piperidine rings is 1. The average molecular weight is 411 g/mol. The van der Waals surface area contributed by atoms with Crippen LogP contribution in [-0.2, 0) is 11.3 Å². The van der Waals surface area contributed by atoms with Gasteiger partial charge in [-0.15, -0.1) is 11.3 Å². The lowest BCUT2D eigenvalue weighted by Crippen LogP contribution is -2.43. The smallest absolute Gasteiger partial charge is 0.273 e. The fourth-order valence-electron chi connectivity index (χ4n) is 3.82. The number of nitrogens with one attached hydrogen (secondary N) is 1. The molecule has 29 heavy (non-hydrogen) atoms. The maximum atomic E-state index is 13.2. The first-order valence-electron chi connectivity index (χ1n) is 10.2. The molecule has 1 saturated heterocycles. The molecule has 7 heteroatoms. The van der Waals surface area contributed by atoms with Gasteiger partial charge in [-0.3, -0.25) is 14.2 Å². The lowest BCUT2D eigenvalue weighted by atomic mass is 9.96. The molecule has 0 saturated carbocycles. The highest BCUT2D eigenvalue weighted by Gasteiger charge is 2.27. The Kier molecular flexibility index (Phi) is 5.94. The van der Waals surface area contributed by atoms with Crippen molar-refractivity contribution in [3.63, 3.8) is 0 Å². The van der Waals surface area contributed by atoms with E-state index < -0.39 is 0 Å². The van der Waals surface area contributed by atoms with Crippen LogP contribution in [-0.4, -0.2) is 35.1 Å². The minimum Gasteiger partial charge on any atom is -0.356 e. The summed E-state index contributed by atoms with van der Waals surface area (Å²) in [7, 11) is 0. The maximum absolute atomic E-state index is 13.2. The van der Waals surface area contributed by atoms with Crippen LogP contribution in [0.2, 0.25) is 0 Å². The highest BCUT2D eigenvalue weighted by atomic mass is 32.1. The van der Waals surface area contributed by atoms with E-state index in [1.807, 2.05) is 41.8 Å². The fraction of sp³-hybridized carbons (Fsp3) is 0.409. The Bertz CT molecular complexity index is 1040. The molecule has 4 rings (SSSR count). The molecular weight excluding hydrogens is 384 g/mol. The SMILES string of the molecule is CCCNC(=O)C1CCN(c2nc3ccsc3c(=O)n2Cc2ccccc2)CC1. The number of hydrogen-bond acceptors (Lipinski definition) is 5. The van der Waals surface area contributed by atoms with Crippen molar-refractivity contribution in [2.45, 2.75) is 32.7 Å². The van der Waals surface area contributed by atoms with E-state index >= 15 is 0 Å². The molecule has 3 heterocycles. The molecule has 0 spiro atoms. The quantitative estimate of drug-likeness (QED) is 0.677. The molecule has 0 radical (unpaired) electrons. The molecule has 1 aliphatic rings. The number of fused-ring (bicyclic) bond motifs is 1. The van der Waals surface area contributed by atoms with E-state index in [-0.39, 0.29) is 17.4 Å². The minimum atomic E-state index is 0.00617. The van der Waals surface area contributed by atoms with Gasteiger partial charge in [-0.1, -0.05) is 37.3 Å². The van der Waals surface area contributed by atoms with Crippen LogP contribution in [0.15, 0.2) is 46.6 Å². The Morgan fingerprint density at radius 1 is 1.21 bits per heavy atom. The Labute approximate surface area is 174 Å². The third-order valence-corrected chi connectivity index (χ3v) is 6.32. The standard InChI is InChI=1S/C22H26N4O2S/c1-2-11-23-20(27)17-8-12-25(13-9-17)22-24-18-10-14-29-19(18)21(28)26(22)15-16-6-4-3-5-7-16/h3-7,10,14,17H,2,8-9,11-13,15H2,1H3,(H,23,27). The van der Waals surface area contributed by atoms with Gasteiger partial charge < -0.3 is 10.2 Å². The predicted octanol–water partition coefficient (Wildman–Crippen LogP) is 3.25.